The van der Waals surface area contributed by atoms with Gasteiger partial charge in [-0.3, -0.25) is 4.79 Å². The van der Waals surface area contributed by atoms with Crippen LogP contribution in [0, 0.1) is 11.7 Å². The van der Waals surface area contributed by atoms with E-state index in [-0.39, 0.29) is 29.5 Å². The van der Waals surface area contributed by atoms with Crippen LogP contribution >= 0.6 is 0 Å². The van der Waals surface area contributed by atoms with Gasteiger partial charge in [0.15, 0.2) is 11.6 Å². The molecule has 2 aliphatic rings. The van der Waals surface area contributed by atoms with Gasteiger partial charge < -0.3 is 14.4 Å². The zero-order valence-electron chi connectivity index (χ0n) is 15.5. The summed E-state index contributed by atoms with van der Waals surface area (Å²) in [6.07, 6.45) is 2.92. The number of hydrogen-bond donors (Lipinski definition) is 0. The number of amides is 1. The molecule has 0 aliphatic carbocycles. The van der Waals surface area contributed by atoms with Crippen molar-refractivity contribution in [1.29, 1.82) is 0 Å². The quantitative estimate of drug-likeness (QED) is 0.815. The number of para-hydroxylation sites is 1. The Bertz CT molecular complexity index is 838. The molecule has 2 aromatic rings. The molecule has 1 fully saturated rings. The van der Waals surface area contributed by atoms with E-state index < -0.39 is 0 Å². The van der Waals surface area contributed by atoms with Crippen molar-refractivity contribution in [3.05, 3.63) is 59.4 Å². The second kappa shape index (κ2) is 7.59. The Morgan fingerprint density at radius 3 is 3.00 bits per heavy atom. The van der Waals surface area contributed by atoms with Crippen LogP contribution in [-0.4, -0.2) is 36.6 Å². The van der Waals surface area contributed by atoms with Gasteiger partial charge in [-0.2, -0.15) is 0 Å². The van der Waals surface area contributed by atoms with Crippen LogP contribution in [0.3, 0.4) is 0 Å². The van der Waals surface area contributed by atoms with Gasteiger partial charge in [-0.25, -0.2) is 4.39 Å². The molecule has 2 atom stereocenters. The van der Waals surface area contributed by atoms with Crippen LogP contribution in [0.5, 0.6) is 11.5 Å². The number of halogens is 1. The lowest BCUT2D eigenvalue weighted by Crippen LogP contribution is -2.41. The molecule has 2 heterocycles. The lowest BCUT2D eigenvalue weighted by molar-refractivity contribution is 0.0631. The fourth-order valence-electron chi connectivity index (χ4n) is 3.89. The summed E-state index contributed by atoms with van der Waals surface area (Å²) in [6, 6.07) is 12.1. The summed E-state index contributed by atoms with van der Waals surface area (Å²) in [5.41, 5.74) is 1.81. The Labute approximate surface area is 158 Å². The summed E-state index contributed by atoms with van der Waals surface area (Å²) in [5, 5.41) is 0. The van der Waals surface area contributed by atoms with E-state index in [2.05, 4.69) is 0 Å². The number of ether oxygens (including phenoxy) is 2. The van der Waals surface area contributed by atoms with Gasteiger partial charge in [-0.1, -0.05) is 12.1 Å². The first-order chi connectivity index (χ1) is 13.1. The Morgan fingerprint density at radius 1 is 1.30 bits per heavy atom. The Morgan fingerprint density at radius 2 is 2.15 bits per heavy atom. The summed E-state index contributed by atoms with van der Waals surface area (Å²) < 4.78 is 25.1. The number of rotatable bonds is 4. The number of likely N-dealkylation sites (tertiary alicyclic amines) is 1. The van der Waals surface area contributed by atoms with E-state index >= 15 is 0 Å². The maximum atomic E-state index is 13.7. The standard InChI is InChI=1S/C22H24FNO3/c1-15-11-18-12-17(8-9-20(18)27-15)22(25)24-10-4-5-16(13-24)14-26-21-7-3-2-6-19(21)23/h2-3,6-9,12,15-16H,4-5,10-11,13-14H2,1H3/t15-,16+/m1/s1. The van der Waals surface area contributed by atoms with E-state index in [9.17, 15) is 9.18 Å². The highest BCUT2D eigenvalue weighted by molar-refractivity contribution is 5.94. The molecule has 0 aromatic heterocycles. The van der Waals surface area contributed by atoms with Gasteiger partial charge in [-0.15, -0.1) is 0 Å². The number of carbonyl (C=O) groups excluding carboxylic acids is 1. The monoisotopic (exact) mass is 369 g/mol. The van der Waals surface area contributed by atoms with Gasteiger partial charge in [0.05, 0.1) is 6.61 Å². The third kappa shape index (κ3) is 3.92. The first-order valence-electron chi connectivity index (χ1n) is 9.56. The first-order valence-corrected chi connectivity index (χ1v) is 9.56. The van der Waals surface area contributed by atoms with Crippen LogP contribution in [0.25, 0.3) is 0 Å². The number of fused-ring (bicyclic) bond motifs is 1. The Hall–Kier alpha value is -2.56. The number of piperidine rings is 1. The van der Waals surface area contributed by atoms with Crippen LogP contribution < -0.4 is 9.47 Å². The van der Waals surface area contributed by atoms with Crippen molar-refractivity contribution in [2.24, 2.45) is 5.92 Å². The molecule has 4 nitrogen and oxygen atoms in total. The zero-order valence-corrected chi connectivity index (χ0v) is 15.5. The molecule has 0 radical (unpaired) electrons. The van der Waals surface area contributed by atoms with Gasteiger partial charge in [-0.05, 0) is 55.7 Å². The van der Waals surface area contributed by atoms with Crippen LogP contribution in [0.4, 0.5) is 4.39 Å². The van der Waals surface area contributed by atoms with E-state index in [1.54, 1.807) is 18.2 Å². The average Bonchev–Trinajstić information content (AvgIpc) is 3.06. The summed E-state index contributed by atoms with van der Waals surface area (Å²) >= 11 is 0. The summed E-state index contributed by atoms with van der Waals surface area (Å²) in [7, 11) is 0. The fourth-order valence-corrected chi connectivity index (χ4v) is 3.89. The summed E-state index contributed by atoms with van der Waals surface area (Å²) in [6.45, 7) is 3.84. The molecule has 0 N–H and O–H groups in total. The highest BCUT2D eigenvalue weighted by atomic mass is 19.1. The van der Waals surface area contributed by atoms with Crippen molar-refractivity contribution >= 4 is 5.91 Å². The topological polar surface area (TPSA) is 38.8 Å². The van der Waals surface area contributed by atoms with Gasteiger partial charge in [0.25, 0.3) is 5.91 Å². The third-order valence-corrected chi connectivity index (χ3v) is 5.26. The molecule has 0 unspecified atom stereocenters. The molecule has 27 heavy (non-hydrogen) atoms. The van der Waals surface area contributed by atoms with E-state index in [1.807, 2.05) is 30.0 Å². The van der Waals surface area contributed by atoms with Gasteiger partial charge in [0.1, 0.15) is 11.9 Å². The number of hydrogen-bond acceptors (Lipinski definition) is 3. The van der Waals surface area contributed by atoms with Crippen molar-refractivity contribution in [3.8, 4) is 11.5 Å². The molecule has 0 saturated carbocycles. The van der Waals surface area contributed by atoms with Crippen molar-refractivity contribution in [2.75, 3.05) is 19.7 Å². The van der Waals surface area contributed by atoms with Crippen LogP contribution in [-0.2, 0) is 6.42 Å². The molecule has 142 valence electrons. The van der Waals surface area contributed by atoms with E-state index in [0.717, 1.165) is 37.1 Å². The predicted octanol–water partition coefficient (Wildman–Crippen LogP) is 4.08. The minimum Gasteiger partial charge on any atom is -0.490 e. The highest BCUT2D eigenvalue weighted by Gasteiger charge is 2.27. The van der Waals surface area contributed by atoms with Crippen molar-refractivity contribution in [3.63, 3.8) is 0 Å². The van der Waals surface area contributed by atoms with Crippen molar-refractivity contribution < 1.29 is 18.7 Å². The number of benzene rings is 2. The third-order valence-electron chi connectivity index (χ3n) is 5.26. The lowest BCUT2D eigenvalue weighted by Gasteiger charge is -2.32. The molecular weight excluding hydrogens is 345 g/mol. The Balaban J connectivity index is 1.39. The van der Waals surface area contributed by atoms with E-state index in [0.29, 0.717) is 18.7 Å². The first kappa shape index (κ1) is 17.8. The Kier molecular flexibility index (Phi) is 5.01. The largest absolute Gasteiger partial charge is 0.490 e. The smallest absolute Gasteiger partial charge is 0.253 e. The maximum Gasteiger partial charge on any atom is 0.253 e. The normalized spacial score (nSPS) is 21.5. The molecule has 1 saturated heterocycles. The predicted molar refractivity (Wildman–Crippen MR) is 101 cm³/mol. The van der Waals surface area contributed by atoms with E-state index in [4.69, 9.17) is 9.47 Å². The minimum atomic E-state index is -0.351. The maximum absolute atomic E-state index is 13.7. The minimum absolute atomic E-state index is 0.0490. The second-order valence-corrected chi connectivity index (χ2v) is 7.46. The van der Waals surface area contributed by atoms with Crippen molar-refractivity contribution in [2.45, 2.75) is 32.3 Å². The molecule has 0 bridgehead atoms. The SMILES string of the molecule is C[C@@H]1Cc2cc(C(=O)N3CCC[C@H](COc4ccccc4F)C3)ccc2O1. The van der Waals surface area contributed by atoms with Crippen LogP contribution in [0.15, 0.2) is 42.5 Å². The highest BCUT2D eigenvalue weighted by Crippen LogP contribution is 2.30. The number of carbonyl (C=O) groups is 1. The molecule has 2 aliphatic heterocycles. The molecule has 5 heteroatoms. The van der Waals surface area contributed by atoms with Crippen LogP contribution in [0.2, 0.25) is 0 Å². The molecule has 1 amide bonds. The molecule has 4 rings (SSSR count). The zero-order chi connectivity index (χ0) is 18.8. The van der Waals surface area contributed by atoms with E-state index in [1.165, 1.54) is 6.07 Å². The second-order valence-electron chi connectivity index (χ2n) is 7.46. The molecular formula is C22H24FNO3. The molecule has 2 aromatic carbocycles. The van der Waals surface area contributed by atoms with Gasteiger partial charge in [0.2, 0.25) is 0 Å². The fraction of sp³-hybridized carbons (Fsp3) is 0.409. The average molecular weight is 369 g/mol. The summed E-state index contributed by atoms with van der Waals surface area (Å²) in [4.78, 5) is 14.8. The van der Waals surface area contributed by atoms with Crippen molar-refractivity contribution in [1.82, 2.24) is 4.90 Å². The molecule has 0 spiro atoms. The van der Waals surface area contributed by atoms with Crippen LogP contribution in [0.1, 0.15) is 35.7 Å². The van der Waals surface area contributed by atoms with Gasteiger partial charge >= 0.3 is 0 Å². The number of nitrogens with zero attached hydrogens (tertiary/aromatic N) is 1. The van der Waals surface area contributed by atoms with Gasteiger partial charge in [0, 0.05) is 31.0 Å². The lowest BCUT2D eigenvalue weighted by atomic mass is 9.97. The summed E-state index contributed by atoms with van der Waals surface area (Å²) in [5.74, 6) is 1.06.